The molecule has 4 N–H and O–H groups in total. The molecule has 0 unspecified atom stereocenters. The Hall–Kier alpha value is -4.41. The number of halogens is 1. The molecule has 3 aromatic rings. The molecule has 0 spiro atoms. The van der Waals surface area contributed by atoms with Crippen molar-refractivity contribution >= 4 is 46.1 Å². The highest BCUT2D eigenvalue weighted by atomic mass is 19.1. The molecule has 1 saturated heterocycles. The minimum absolute atomic E-state index is 0.198. The van der Waals surface area contributed by atoms with E-state index in [1.165, 1.54) is 11.8 Å². The van der Waals surface area contributed by atoms with Crippen molar-refractivity contribution in [1.82, 2.24) is 15.2 Å². The molecular weight excluding hydrogens is 517 g/mol. The van der Waals surface area contributed by atoms with E-state index in [9.17, 15) is 19.2 Å². The molecule has 10 nitrogen and oxygen atoms in total. The van der Waals surface area contributed by atoms with Gasteiger partial charge in [-0.05, 0) is 70.9 Å². The molecule has 2 atom stereocenters. The highest BCUT2D eigenvalue weighted by Crippen LogP contribution is 2.31. The van der Waals surface area contributed by atoms with E-state index in [1.54, 1.807) is 70.2 Å². The Morgan fingerprint density at radius 3 is 2.38 bits per heavy atom. The fraction of sp³-hybridized carbons (Fsp3) is 0.379. The van der Waals surface area contributed by atoms with Gasteiger partial charge in [0, 0.05) is 41.3 Å². The second-order valence-corrected chi connectivity index (χ2v) is 10.9. The second kappa shape index (κ2) is 11.4. The van der Waals surface area contributed by atoms with Gasteiger partial charge in [-0.1, -0.05) is 12.1 Å². The van der Waals surface area contributed by atoms with E-state index in [4.69, 9.17) is 4.74 Å². The van der Waals surface area contributed by atoms with Crippen LogP contribution in [0.15, 0.2) is 42.5 Å². The van der Waals surface area contributed by atoms with Gasteiger partial charge in [0.15, 0.2) is 5.82 Å². The van der Waals surface area contributed by atoms with Crippen LogP contribution in [0.25, 0.3) is 22.2 Å². The van der Waals surface area contributed by atoms with Crippen molar-refractivity contribution in [3.8, 4) is 11.3 Å². The summed E-state index contributed by atoms with van der Waals surface area (Å²) in [5, 5.41) is 8.31. The molecule has 212 valence electrons. The van der Waals surface area contributed by atoms with Crippen molar-refractivity contribution in [2.75, 3.05) is 17.2 Å². The van der Waals surface area contributed by atoms with Gasteiger partial charge in [-0.25, -0.2) is 9.18 Å². The van der Waals surface area contributed by atoms with Crippen LogP contribution in [0.2, 0.25) is 0 Å². The molecule has 11 heteroatoms. The van der Waals surface area contributed by atoms with Gasteiger partial charge in [0.25, 0.3) is 0 Å². The Kier molecular flexibility index (Phi) is 8.13. The smallest absolute Gasteiger partial charge is 0.408 e. The molecule has 4 rings (SSSR count). The molecule has 1 aliphatic rings. The van der Waals surface area contributed by atoms with E-state index in [2.05, 4.69) is 20.9 Å². The first-order chi connectivity index (χ1) is 18.8. The zero-order valence-electron chi connectivity index (χ0n) is 23.2. The average Bonchev–Trinajstić information content (AvgIpc) is 3.48. The van der Waals surface area contributed by atoms with Crippen LogP contribution in [0.5, 0.6) is 0 Å². The monoisotopic (exact) mass is 551 g/mol. The van der Waals surface area contributed by atoms with Crippen molar-refractivity contribution in [3.05, 3.63) is 48.3 Å². The predicted octanol–water partition coefficient (Wildman–Crippen LogP) is 4.78. The molecule has 4 amide bonds. The molecule has 0 bridgehead atoms. The number of H-pyrrole nitrogens is 1. The first-order valence-corrected chi connectivity index (χ1v) is 13.1. The molecule has 2 aromatic carbocycles. The minimum Gasteiger partial charge on any atom is -0.444 e. The van der Waals surface area contributed by atoms with Gasteiger partial charge < -0.3 is 30.6 Å². The Morgan fingerprint density at radius 1 is 1.05 bits per heavy atom. The van der Waals surface area contributed by atoms with Gasteiger partial charge in [-0.15, -0.1) is 0 Å². The van der Waals surface area contributed by atoms with Crippen molar-refractivity contribution < 1.29 is 28.3 Å². The van der Waals surface area contributed by atoms with Crippen LogP contribution < -0.4 is 16.0 Å². The lowest BCUT2D eigenvalue weighted by molar-refractivity contribution is -0.138. The zero-order valence-corrected chi connectivity index (χ0v) is 23.2. The van der Waals surface area contributed by atoms with Gasteiger partial charge >= 0.3 is 6.09 Å². The predicted molar refractivity (Wildman–Crippen MR) is 150 cm³/mol. The number of hydrogen-bond acceptors (Lipinski definition) is 5. The molecule has 0 radical (unpaired) electrons. The SMILES string of the molecule is CC(=O)Nc1ccc(-c2[nH]c3ccc(NC(=O)[C@@H]4CCCN4C(=O)[C@H](C)NC(=O)OC(C)(C)C)cc3c2F)cc1. The molecule has 1 fully saturated rings. The van der Waals surface area contributed by atoms with Crippen molar-refractivity contribution in [3.63, 3.8) is 0 Å². The molecule has 0 aliphatic carbocycles. The van der Waals surface area contributed by atoms with Crippen LogP contribution in [-0.4, -0.2) is 57.9 Å². The maximum Gasteiger partial charge on any atom is 0.408 e. The molecule has 40 heavy (non-hydrogen) atoms. The van der Waals surface area contributed by atoms with Crippen LogP contribution >= 0.6 is 0 Å². The summed E-state index contributed by atoms with van der Waals surface area (Å²) in [7, 11) is 0. The Bertz CT molecular complexity index is 1440. The second-order valence-electron chi connectivity index (χ2n) is 10.9. The van der Waals surface area contributed by atoms with Crippen LogP contribution in [0.4, 0.5) is 20.6 Å². The lowest BCUT2D eigenvalue weighted by atomic mass is 10.1. The number of aromatic amines is 1. The van der Waals surface area contributed by atoms with E-state index < -0.39 is 29.6 Å². The highest BCUT2D eigenvalue weighted by Gasteiger charge is 2.36. The van der Waals surface area contributed by atoms with Crippen LogP contribution in [-0.2, 0) is 19.1 Å². The topological polar surface area (TPSA) is 133 Å². The van der Waals surface area contributed by atoms with Crippen molar-refractivity contribution in [2.45, 2.75) is 65.1 Å². The number of alkyl carbamates (subject to hydrolysis) is 1. The van der Waals surface area contributed by atoms with Gasteiger partial charge in [0.2, 0.25) is 17.7 Å². The lowest BCUT2D eigenvalue weighted by Crippen LogP contribution is -2.52. The number of benzene rings is 2. The summed E-state index contributed by atoms with van der Waals surface area (Å²) in [6, 6.07) is 10.1. The first-order valence-electron chi connectivity index (χ1n) is 13.1. The molecular formula is C29H34FN5O5. The molecule has 1 aliphatic heterocycles. The highest BCUT2D eigenvalue weighted by molar-refractivity contribution is 6.00. The summed E-state index contributed by atoms with van der Waals surface area (Å²) in [5.41, 5.74) is 1.72. The fourth-order valence-corrected chi connectivity index (χ4v) is 4.68. The summed E-state index contributed by atoms with van der Waals surface area (Å²) < 4.78 is 20.6. The van der Waals surface area contributed by atoms with E-state index in [-0.39, 0.29) is 23.4 Å². The Labute approximate surface area is 231 Å². The molecule has 2 heterocycles. The maximum absolute atomic E-state index is 15.4. The van der Waals surface area contributed by atoms with Gasteiger partial charge in [0.1, 0.15) is 17.7 Å². The van der Waals surface area contributed by atoms with Gasteiger partial charge in [-0.3, -0.25) is 14.4 Å². The van der Waals surface area contributed by atoms with Crippen molar-refractivity contribution in [2.24, 2.45) is 0 Å². The number of fused-ring (bicyclic) bond motifs is 1. The lowest BCUT2D eigenvalue weighted by Gasteiger charge is -2.28. The van der Waals surface area contributed by atoms with E-state index in [0.717, 1.165) is 0 Å². The fourth-order valence-electron chi connectivity index (χ4n) is 4.68. The maximum atomic E-state index is 15.4. The minimum atomic E-state index is -0.876. The number of likely N-dealkylation sites (tertiary alicyclic amines) is 1. The quantitative estimate of drug-likeness (QED) is 0.350. The number of carbonyl (C=O) groups is 4. The first kappa shape index (κ1) is 28.6. The summed E-state index contributed by atoms with van der Waals surface area (Å²) in [4.78, 5) is 54.1. The third-order valence-electron chi connectivity index (χ3n) is 6.44. The average molecular weight is 552 g/mol. The summed E-state index contributed by atoms with van der Waals surface area (Å²) in [6.07, 6.45) is 0.396. The largest absolute Gasteiger partial charge is 0.444 e. The van der Waals surface area contributed by atoms with Crippen LogP contribution in [0.3, 0.4) is 0 Å². The number of hydrogen-bond donors (Lipinski definition) is 4. The van der Waals surface area contributed by atoms with E-state index in [0.29, 0.717) is 47.2 Å². The number of carbonyl (C=O) groups excluding carboxylic acids is 4. The third kappa shape index (κ3) is 6.59. The standard InChI is InChI=1S/C29H34FN5O5/c1-16(31-28(39)40-29(3,4)5)27(38)35-14-6-7-23(35)26(37)33-20-12-13-22-21(15-20)24(30)25(34-22)18-8-10-19(11-9-18)32-17(2)36/h8-13,15-16,23,34H,6-7,14H2,1-5H3,(H,31,39)(H,32,36)(H,33,37)/t16-,23-/m0/s1. The van der Waals surface area contributed by atoms with Crippen molar-refractivity contribution in [1.29, 1.82) is 0 Å². The number of nitrogens with zero attached hydrogens (tertiary/aromatic N) is 1. The Morgan fingerprint density at radius 2 is 1.73 bits per heavy atom. The van der Waals surface area contributed by atoms with Crippen LogP contribution in [0.1, 0.15) is 47.5 Å². The number of amides is 4. The summed E-state index contributed by atoms with van der Waals surface area (Å²) in [5.74, 6) is -1.45. The number of rotatable bonds is 6. The zero-order chi connectivity index (χ0) is 29.2. The van der Waals surface area contributed by atoms with Gasteiger partial charge in [-0.2, -0.15) is 0 Å². The van der Waals surface area contributed by atoms with Gasteiger partial charge in [0.05, 0.1) is 5.69 Å². The number of nitrogens with one attached hydrogen (secondary N) is 4. The molecule has 0 saturated carbocycles. The van der Waals surface area contributed by atoms with E-state index >= 15 is 4.39 Å². The third-order valence-corrected chi connectivity index (χ3v) is 6.44. The number of anilines is 2. The normalized spacial score (nSPS) is 15.9. The summed E-state index contributed by atoms with van der Waals surface area (Å²) in [6.45, 7) is 8.52. The summed E-state index contributed by atoms with van der Waals surface area (Å²) >= 11 is 0. The number of ether oxygens (including phenoxy) is 1. The Balaban J connectivity index is 1.45. The number of aromatic nitrogens is 1. The van der Waals surface area contributed by atoms with E-state index in [1.807, 2.05) is 0 Å². The molecule has 1 aromatic heterocycles. The van der Waals surface area contributed by atoms with Crippen LogP contribution in [0, 0.1) is 5.82 Å².